The lowest BCUT2D eigenvalue weighted by molar-refractivity contribution is -0.112. The van der Waals surface area contributed by atoms with Crippen LogP contribution in [0.15, 0.2) is 39.2 Å². The van der Waals surface area contributed by atoms with Gasteiger partial charge in [-0.3, -0.25) is 4.79 Å². The average Bonchev–Trinajstić information content (AvgIpc) is 2.59. The molecule has 1 aromatic carbocycles. The lowest BCUT2D eigenvalue weighted by atomic mass is 10.2. The molecule has 0 aliphatic rings. The SMILES string of the molecule is CC(=O)/C=C(/C)c1cc2cc(Br)ccc2o1. The van der Waals surface area contributed by atoms with Crippen LogP contribution >= 0.6 is 15.9 Å². The summed E-state index contributed by atoms with van der Waals surface area (Å²) in [4.78, 5) is 11.0. The fraction of sp³-hybridized carbons (Fsp3) is 0.154. The van der Waals surface area contributed by atoms with Crippen LogP contribution in [-0.2, 0) is 4.79 Å². The molecule has 2 nitrogen and oxygen atoms in total. The summed E-state index contributed by atoms with van der Waals surface area (Å²) >= 11 is 3.41. The van der Waals surface area contributed by atoms with E-state index in [2.05, 4.69) is 15.9 Å². The van der Waals surface area contributed by atoms with E-state index in [4.69, 9.17) is 4.42 Å². The second kappa shape index (κ2) is 4.26. The van der Waals surface area contributed by atoms with Crippen molar-refractivity contribution in [1.29, 1.82) is 0 Å². The third-order valence-electron chi connectivity index (χ3n) is 2.29. The van der Waals surface area contributed by atoms with E-state index in [0.29, 0.717) is 0 Å². The number of fused-ring (bicyclic) bond motifs is 1. The standard InChI is InChI=1S/C13H11BrO2/c1-8(5-9(2)15)13-7-10-6-11(14)3-4-12(10)16-13/h3-7H,1-2H3/b8-5-. The minimum Gasteiger partial charge on any atom is -0.456 e. The van der Waals surface area contributed by atoms with Gasteiger partial charge in [-0.2, -0.15) is 0 Å². The Morgan fingerprint density at radius 3 is 2.75 bits per heavy atom. The molecule has 0 aliphatic heterocycles. The van der Waals surface area contributed by atoms with Gasteiger partial charge >= 0.3 is 0 Å². The van der Waals surface area contributed by atoms with E-state index in [1.807, 2.05) is 31.2 Å². The Bertz CT molecular complexity index is 579. The molecule has 0 amide bonds. The molecule has 0 spiro atoms. The summed E-state index contributed by atoms with van der Waals surface area (Å²) in [5.74, 6) is 0.766. The summed E-state index contributed by atoms with van der Waals surface area (Å²) in [6.45, 7) is 3.40. The summed E-state index contributed by atoms with van der Waals surface area (Å²) in [6.07, 6.45) is 1.58. The molecule has 16 heavy (non-hydrogen) atoms. The highest BCUT2D eigenvalue weighted by Gasteiger charge is 2.06. The fourth-order valence-corrected chi connectivity index (χ4v) is 1.96. The molecule has 0 unspecified atom stereocenters. The molecular weight excluding hydrogens is 268 g/mol. The maximum atomic E-state index is 11.0. The van der Waals surface area contributed by atoms with Crippen molar-refractivity contribution in [3.63, 3.8) is 0 Å². The Labute approximate surface area is 102 Å². The molecule has 0 N–H and O–H groups in total. The lowest BCUT2D eigenvalue weighted by Gasteiger charge is -1.92. The Morgan fingerprint density at radius 1 is 1.31 bits per heavy atom. The minimum atomic E-state index is 0.0270. The number of ketones is 1. The summed E-state index contributed by atoms with van der Waals surface area (Å²) in [5, 5.41) is 1.03. The fourth-order valence-electron chi connectivity index (χ4n) is 1.58. The van der Waals surface area contributed by atoms with Gasteiger partial charge in [0.15, 0.2) is 5.78 Å². The summed E-state index contributed by atoms with van der Waals surface area (Å²) in [5.41, 5.74) is 1.68. The smallest absolute Gasteiger partial charge is 0.153 e. The number of hydrogen-bond donors (Lipinski definition) is 0. The molecule has 1 aromatic heterocycles. The Hall–Kier alpha value is -1.35. The van der Waals surface area contributed by atoms with Crippen molar-refractivity contribution in [2.24, 2.45) is 0 Å². The largest absolute Gasteiger partial charge is 0.456 e. The van der Waals surface area contributed by atoms with Crippen molar-refractivity contribution < 1.29 is 9.21 Å². The zero-order valence-corrected chi connectivity index (χ0v) is 10.7. The number of furan rings is 1. The number of halogens is 1. The first-order valence-electron chi connectivity index (χ1n) is 4.94. The Balaban J connectivity index is 2.51. The molecule has 0 radical (unpaired) electrons. The van der Waals surface area contributed by atoms with Crippen LogP contribution in [-0.4, -0.2) is 5.78 Å². The number of rotatable bonds is 2. The van der Waals surface area contributed by atoms with Crippen molar-refractivity contribution >= 4 is 38.3 Å². The molecule has 0 fully saturated rings. The van der Waals surface area contributed by atoms with Crippen molar-refractivity contribution in [2.75, 3.05) is 0 Å². The van der Waals surface area contributed by atoms with Crippen molar-refractivity contribution in [2.45, 2.75) is 13.8 Å². The molecular formula is C13H11BrO2. The molecule has 0 aliphatic carbocycles. The van der Waals surface area contributed by atoms with Crippen molar-refractivity contribution in [3.8, 4) is 0 Å². The third-order valence-corrected chi connectivity index (χ3v) is 2.78. The van der Waals surface area contributed by atoms with Gasteiger partial charge in [-0.25, -0.2) is 0 Å². The van der Waals surface area contributed by atoms with Gasteiger partial charge in [0.25, 0.3) is 0 Å². The summed E-state index contributed by atoms with van der Waals surface area (Å²) < 4.78 is 6.66. The van der Waals surface area contributed by atoms with Crippen molar-refractivity contribution in [3.05, 3.63) is 40.6 Å². The maximum absolute atomic E-state index is 11.0. The summed E-state index contributed by atoms with van der Waals surface area (Å²) in [6, 6.07) is 7.77. The van der Waals surface area contributed by atoms with Gasteiger partial charge in [0, 0.05) is 9.86 Å². The second-order valence-corrected chi connectivity index (χ2v) is 4.65. The molecule has 0 saturated heterocycles. The van der Waals surface area contributed by atoms with E-state index < -0.39 is 0 Å². The van der Waals surface area contributed by atoms with Gasteiger partial charge in [-0.15, -0.1) is 0 Å². The lowest BCUT2D eigenvalue weighted by Crippen LogP contribution is -1.83. The number of hydrogen-bond acceptors (Lipinski definition) is 2. The first kappa shape index (κ1) is 11.1. The van der Waals surface area contributed by atoms with E-state index in [1.165, 1.54) is 6.92 Å². The predicted octanol–water partition coefficient (Wildman–Crippen LogP) is 4.19. The summed E-state index contributed by atoms with van der Waals surface area (Å²) in [7, 11) is 0. The second-order valence-electron chi connectivity index (χ2n) is 3.73. The highest BCUT2D eigenvalue weighted by atomic mass is 79.9. The van der Waals surface area contributed by atoms with Crippen LogP contribution in [0.5, 0.6) is 0 Å². The molecule has 2 rings (SSSR count). The zero-order chi connectivity index (χ0) is 11.7. The van der Waals surface area contributed by atoms with E-state index in [9.17, 15) is 4.79 Å². The van der Waals surface area contributed by atoms with E-state index in [1.54, 1.807) is 6.08 Å². The van der Waals surface area contributed by atoms with Gasteiger partial charge in [-0.1, -0.05) is 15.9 Å². The molecule has 82 valence electrons. The number of allylic oxidation sites excluding steroid dienone is 2. The topological polar surface area (TPSA) is 30.2 Å². The quantitative estimate of drug-likeness (QED) is 0.772. The molecule has 1 heterocycles. The molecule has 2 aromatic rings. The van der Waals surface area contributed by atoms with Gasteiger partial charge in [0.2, 0.25) is 0 Å². The van der Waals surface area contributed by atoms with Crippen LogP contribution < -0.4 is 0 Å². The Morgan fingerprint density at radius 2 is 2.06 bits per heavy atom. The first-order valence-corrected chi connectivity index (χ1v) is 5.74. The van der Waals surface area contributed by atoms with Crippen LogP contribution in [0.4, 0.5) is 0 Å². The number of benzene rings is 1. The van der Waals surface area contributed by atoms with Crippen LogP contribution in [0, 0.1) is 0 Å². The minimum absolute atomic E-state index is 0.0270. The zero-order valence-electron chi connectivity index (χ0n) is 9.08. The van der Waals surface area contributed by atoms with Crippen LogP contribution in [0.1, 0.15) is 19.6 Å². The van der Waals surface area contributed by atoms with Gasteiger partial charge in [0.1, 0.15) is 11.3 Å². The van der Waals surface area contributed by atoms with Gasteiger partial charge in [-0.05, 0) is 49.8 Å². The normalized spacial score (nSPS) is 12.1. The van der Waals surface area contributed by atoms with E-state index in [-0.39, 0.29) is 5.78 Å². The first-order chi connectivity index (χ1) is 7.56. The highest BCUT2D eigenvalue weighted by Crippen LogP contribution is 2.26. The molecule has 0 atom stereocenters. The van der Waals surface area contributed by atoms with E-state index in [0.717, 1.165) is 26.8 Å². The average molecular weight is 279 g/mol. The van der Waals surface area contributed by atoms with Crippen LogP contribution in [0.25, 0.3) is 16.5 Å². The van der Waals surface area contributed by atoms with Crippen molar-refractivity contribution in [1.82, 2.24) is 0 Å². The van der Waals surface area contributed by atoms with Crippen LogP contribution in [0.2, 0.25) is 0 Å². The van der Waals surface area contributed by atoms with E-state index >= 15 is 0 Å². The molecule has 0 saturated carbocycles. The van der Waals surface area contributed by atoms with Gasteiger partial charge in [0.05, 0.1) is 0 Å². The predicted molar refractivity (Wildman–Crippen MR) is 68.2 cm³/mol. The van der Waals surface area contributed by atoms with Crippen LogP contribution in [0.3, 0.4) is 0 Å². The number of carbonyl (C=O) groups excluding carboxylic acids is 1. The maximum Gasteiger partial charge on any atom is 0.153 e. The molecule has 0 bridgehead atoms. The molecule has 3 heteroatoms. The van der Waals surface area contributed by atoms with Gasteiger partial charge < -0.3 is 4.42 Å². The highest BCUT2D eigenvalue weighted by molar-refractivity contribution is 9.10. The third kappa shape index (κ3) is 2.25. The number of carbonyl (C=O) groups is 1. The Kier molecular flexibility index (Phi) is 2.97. The monoisotopic (exact) mass is 278 g/mol.